The van der Waals surface area contributed by atoms with Crippen LogP contribution in [0.25, 0.3) is 0 Å². The first-order valence-electron chi connectivity index (χ1n) is 12.1. The molecule has 0 spiro atoms. The summed E-state index contributed by atoms with van der Waals surface area (Å²) in [7, 11) is -3.57. The van der Waals surface area contributed by atoms with Crippen molar-refractivity contribution in [2.45, 2.75) is 63.8 Å². The summed E-state index contributed by atoms with van der Waals surface area (Å²) in [4.78, 5) is 15.8. The van der Waals surface area contributed by atoms with E-state index in [2.05, 4.69) is 24.1 Å². The minimum Gasteiger partial charge on any atom is -0.379 e. The summed E-state index contributed by atoms with van der Waals surface area (Å²) in [6.07, 6.45) is 4.94. The SMILES string of the molecule is CCC(CC)C(CNC(=O)c1cc(S(=O)(=O)N2CCCCC2)ccc1C)N1CCOCC1. The van der Waals surface area contributed by atoms with E-state index in [1.54, 1.807) is 22.5 Å². The van der Waals surface area contributed by atoms with Crippen LogP contribution in [0.3, 0.4) is 0 Å². The molecule has 1 aromatic rings. The van der Waals surface area contributed by atoms with Crippen LogP contribution in [-0.4, -0.2) is 75.5 Å². The third kappa shape index (κ3) is 5.90. The van der Waals surface area contributed by atoms with Crippen molar-refractivity contribution < 1.29 is 17.9 Å². The standard InChI is InChI=1S/C24H39N3O4S/c1-4-20(5-2)23(26-13-15-31-16-14-26)18-25-24(28)22-17-21(10-9-19(22)3)32(29,30)27-11-7-6-8-12-27/h9-10,17,20,23H,4-8,11-16,18H2,1-3H3,(H,25,28). The number of piperidine rings is 1. The minimum atomic E-state index is -3.57. The molecule has 0 saturated carbocycles. The second kappa shape index (κ2) is 11.6. The number of hydrogen-bond acceptors (Lipinski definition) is 5. The Morgan fingerprint density at radius 2 is 1.72 bits per heavy atom. The Labute approximate surface area is 193 Å². The lowest BCUT2D eigenvalue weighted by atomic mass is 9.92. The molecule has 8 heteroatoms. The maximum Gasteiger partial charge on any atom is 0.251 e. The van der Waals surface area contributed by atoms with Gasteiger partial charge < -0.3 is 10.1 Å². The Morgan fingerprint density at radius 1 is 1.06 bits per heavy atom. The fraction of sp³-hybridized carbons (Fsp3) is 0.708. The molecule has 7 nitrogen and oxygen atoms in total. The number of hydrogen-bond donors (Lipinski definition) is 1. The number of amides is 1. The molecule has 1 atom stereocenters. The molecular formula is C24H39N3O4S. The number of aryl methyl sites for hydroxylation is 1. The highest BCUT2D eigenvalue weighted by atomic mass is 32.2. The van der Waals surface area contributed by atoms with Crippen molar-refractivity contribution in [3.63, 3.8) is 0 Å². The first-order chi connectivity index (χ1) is 15.4. The molecule has 0 radical (unpaired) electrons. The summed E-state index contributed by atoms with van der Waals surface area (Å²) in [6, 6.07) is 5.16. The fourth-order valence-electron chi connectivity index (χ4n) is 4.89. The van der Waals surface area contributed by atoms with Crippen LogP contribution in [-0.2, 0) is 14.8 Å². The van der Waals surface area contributed by atoms with Gasteiger partial charge in [0.15, 0.2) is 0 Å². The predicted octanol–water partition coefficient (Wildman–Crippen LogP) is 3.04. The van der Waals surface area contributed by atoms with Crippen molar-refractivity contribution in [3.8, 4) is 0 Å². The van der Waals surface area contributed by atoms with Crippen molar-refractivity contribution in [2.75, 3.05) is 45.9 Å². The summed E-state index contributed by atoms with van der Waals surface area (Å²) in [5.74, 6) is 0.280. The van der Waals surface area contributed by atoms with E-state index in [1.807, 2.05) is 6.92 Å². The van der Waals surface area contributed by atoms with Gasteiger partial charge in [-0.1, -0.05) is 39.2 Å². The van der Waals surface area contributed by atoms with E-state index in [-0.39, 0.29) is 16.8 Å². The molecule has 0 bridgehead atoms. The Morgan fingerprint density at radius 3 is 2.34 bits per heavy atom. The van der Waals surface area contributed by atoms with Gasteiger partial charge in [0.25, 0.3) is 5.91 Å². The minimum absolute atomic E-state index is 0.206. The van der Waals surface area contributed by atoms with Crippen molar-refractivity contribution in [2.24, 2.45) is 5.92 Å². The summed E-state index contributed by atoms with van der Waals surface area (Å²) in [5, 5.41) is 3.11. The predicted molar refractivity (Wildman–Crippen MR) is 126 cm³/mol. The number of nitrogens with one attached hydrogen (secondary N) is 1. The molecule has 1 amide bonds. The molecule has 0 aromatic heterocycles. The molecule has 1 unspecified atom stereocenters. The highest BCUT2D eigenvalue weighted by Crippen LogP contribution is 2.24. The van der Waals surface area contributed by atoms with Gasteiger partial charge in [-0.3, -0.25) is 9.69 Å². The second-order valence-corrected chi connectivity index (χ2v) is 10.9. The maximum atomic E-state index is 13.1. The molecule has 2 aliphatic heterocycles. The zero-order valence-electron chi connectivity index (χ0n) is 19.8. The summed E-state index contributed by atoms with van der Waals surface area (Å²) < 4.78 is 33.2. The van der Waals surface area contributed by atoms with E-state index in [0.717, 1.165) is 64.0 Å². The first-order valence-corrected chi connectivity index (χ1v) is 13.5. The molecule has 2 saturated heterocycles. The molecule has 1 N–H and O–H groups in total. The van der Waals surface area contributed by atoms with Gasteiger partial charge in [0.2, 0.25) is 10.0 Å². The van der Waals surface area contributed by atoms with Gasteiger partial charge in [-0.15, -0.1) is 0 Å². The van der Waals surface area contributed by atoms with Crippen molar-refractivity contribution in [3.05, 3.63) is 29.3 Å². The van der Waals surface area contributed by atoms with Crippen LogP contribution < -0.4 is 5.32 Å². The van der Waals surface area contributed by atoms with E-state index < -0.39 is 10.0 Å². The number of nitrogens with zero attached hydrogens (tertiary/aromatic N) is 2. The molecule has 180 valence electrons. The van der Waals surface area contributed by atoms with Crippen LogP contribution in [0.4, 0.5) is 0 Å². The van der Waals surface area contributed by atoms with Crippen LogP contribution in [0.1, 0.15) is 61.9 Å². The average Bonchev–Trinajstić information content (AvgIpc) is 2.82. The number of sulfonamides is 1. The van der Waals surface area contributed by atoms with Gasteiger partial charge in [-0.05, 0) is 43.4 Å². The van der Waals surface area contributed by atoms with Crippen LogP contribution >= 0.6 is 0 Å². The fourth-order valence-corrected chi connectivity index (χ4v) is 6.43. The van der Waals surface area contributed by atoms with E-state index >= 15 is 0 Å². The highest BCUT2D eigenvalue weighted by Gasteiger charge is 2.29. The molecule has 0 aliphatic carbocycles. The largest absolute Gasteiger partial charge is 0.379 e. The zero-order chi connectivity index (χ0) is 23.1. The van der Waals surface area contributed by atoms with Gasteiger partial charge in [0.05, 0.1) is 18.1 Å². The molecule has 2 aliphatic rings. The summed E-state index contributed by atoms with van der Waals surface area (Å²) in [6.45, 7) is 11.1. The van der Waals surface area contributed by atoms with Gasteiger partial charge in [-0.25, -0.2) is 8.42 Å². The van der Waals surface area contributed by atoms with E-state index in [4.69, 9.17) is 4.74 Å². The van der Waals surface area contributed by atoms with Gasteiger partial charge in [0.1, 0.15) is 0 Å². The van der Waals surface area contributed by atoms with Crippen molar-refractivity contribution in [1.29, 1.82) is 0 Å². The third-order valence-electron chi connectivity index (χ3n) is 6.99. The normalized spacial score (nSPS) is 19.8. The molecular weight excluding hydrogens is 426 g/mol. The van der Waals surface area contributed by atoms with Crippen LogP contribution in [0, 0.1) is 12.8 Å². The Kier molecular flexibility index (Phi) is 9.11. The number of rotatable bonds is 9. The highest BCUT2D eigenvalue weighted by molar-refractivity contribution is 7.89. The smallest absolute Gasteiger partial charge is 0.251 e. The Hall–Kier alpha value is -1.48. The Bertz CT molecular complexity index is 858. The summed E-state index contributed by atoms with van der Waals surface area (Å²) >= 11 is 0. The lowest BCUT2D eigenvalue weighted by molar-refractivity contribution is 0.00191. The van der Waals surface area contributed by atoms with Crippen molar-refractivity contribution >= 4 is 15.9 Å². The molecule has 2 heterocycles. The lowest BCUT2D eigenvalue weighted by Crippen LogP contribution is -2.52. The van der Waals surface area contributed by atoms with Crippen molar-refractivity contribution in [1.82, 2.24) is 14.5 Å². The van der Waals surface area contributed by atoms with Gasteiger partial charge in [-0.2, -0.15) is 4.31 Å². The number of morpholine rings is 1. The molecule has 3 rings (SSSR count). The van der Waals surface area contributed by atoms with Crippen LogP contribution in [0.15, 0.2) is 23.1 Å². The number of ether oxygens (including phenoxy) is 1. The van der Waals surface area contributed by atoms with Crippen LogP contribution in [0.2, 0.25) is 0 Å². The zero-order valence-corrected chi connectivity index (χ0v) is 20.6. The average molecular weight is 466 g/mol. The van der Waals surface area contributed by atoms with Crippen LogP contribution in [0.5, 0.6) is 0 Å². The van der Waals surface area contributed by atoms with E-state index in [1.165, 1.54) is 0 Å². The third-order valence-corrected chi connectivity index (χ3v) is 8.88. The first kappa shape index (κ1) is 25.1. The topological polar surface area (TPSA) is 79.0 Å². The quantitative estimate of drug-likeness (QED) is 0.606. The molecule has 1 aromatic carbocycles. The van der Waals surface area contributed by atoms with E-state index in [0.29, 0.717) is 31.1 Å². The Balaban J connectivity index is 1.75. The molecule has 2 fully saturated rings. The maximum absolute atomic E-state index is 13.1. The van der Waals surface area contributed by atoms with E-state index in [9.17, 15) is 13.2 Å². The molecule has 32 heavy (non-hydrogen) atoms. The van der Waals surface area contributed by atoms with Gasteiger partial charge >= 0.3 is 0 Å². The number of carbonyl (C=O) groups excluding carboxylic acids is 1. The summed E-state index contributed by atoms with van der Waals surface area (Å²) in [5.41, 5.74) is 1.22. The number of benzene rings is 1. The lowest BCUT2D eigenvalue weighted by Gasteiger charge is -2.38. The monoisotopic (exact) mass is 465 g/mol. The van der Waals surface area contributed by atoms with Gasteiger partial charge in [0, 0.05) is 44.3 Å². The number of carbonyl (C=O) groups is 1. The second-order valence-electron chi connectivity index (χ2n) is 8.94.